The van der Waals surface area contributed by atoms with Gasteiger partial charge in [-0.2, -0.15) is 0 Å². The number of aliphatic hydroxyl groups is 4. The van der Waals surface area contributed by atoms with Crippen LogP contribution in [0.2, 0.25) is 0 Å². The molecule has 0 spiro atoms. The lowest BCUT2D eigenvalue weighted by Gasteiger charge is -2.39. The maximum Gasteiger partial charge on any atom is 0.186 e. The molecule has 0 radical (unpaired) electrons. The molecule has 2 rings (SSSR count). The van der Waals surface area contributed by atoms with E-state index in [1.54, 1.807) is 0 Å². The molecule has 5 atom stereocenters. The van der Waals surface area contributed by atoms with E-state index in [0.29, 0.717) is 6.61 Å². The van der Waals surface area contributed by atoms with Crippen LogP contribution in [0, 0.1) is 0 Å². The predicted octanol–water partition coefficient (Wildman–Crippen LogP) is 0.216. The highest BCUT2D eigenvalue weighted by Gasteiger charge is 2.43. The molecule has 6 nitrogen and oxygen atoms in total. The van der Waals surface area contributed by atoms with Crippen molar-refractivity contribution >= 4 is 0 Å². The summed E-state index contributed by atoms with van der Waals surface area (Å²) < 4.78 is 10.7. The van der Waals surface area contributed by atoms with Crippen LogP contribution in [0.3, 0.4) is 0 Å². The quantitative estimate of drug-likeness (QED) is 0.510. The highest BCUT2D eigenvalue weighted by molar-refractivity contribution is 5.14. The van der Waals surface area contributed by atoms with E-state index >= 15 is 0 Å². The minimum atomic E-state index is -1.39. The van der Waals surface area contributed by atoms with Gasteiger partial charge in [-0.3, -0.25) is 0 Å². The lowest BCUT2D eigenvalue weighted by molar-refractivity contribution is -0.301. The summed E-state index contributed by atoms with van der Waals surface area (Å²) in [5.74, 6) is 0. The van der Waals surface area contributed by atoms with E-state index in [1.807, 2.05) is 18.2 Å². The van der Waals surface area contributed by atoms with Crippen molar-refractivity contribution in [3.8, 4) is 0 Å². The Morgan fingerprint density at radius 3 is 2.35 bits per heavy atom. The maximum atomic E-state index is 9.83. The molecule has 4 N–H and O–H groups in total. The molecule has 1 heterocycles. The summed E-state index contributed by atoms with van der Waals surface area (Å²) in [4.78, 5) is 0. The van der Waals surface area contributed by atoms with Crippen molar-refractivity contribution in [3.05, 3.63) is 35.9 Å². The molecule has 1 aliphatic rings. The average Bonchev–Trinajstić information content (AvgIpc) is 2.58. The Hall–Kier alpha value is -1.02. The molecule has 0 bridgehead atoms. The van der Waals surface area contributed by atoms with Crippen molar-refractivity contribution in [1.82, 2.24) is 0 Å². The van der Waals surface area contributed by atoms with Crippen LogP contribution in [0.25, 0.3) is 0 Å². The third-order valence-corrected chi connectivity index (χ3v) is 4.08. The van der Waals surface area contributed by atoms with E-state index in [0.717, 1.165) is 25.7 Å². The van der Waals surface area contributed by atoms with Gasteiger partial charge in [-0.25, -0.2) is 0 Å². The molecule has 23 heavy (non-hydrogen) atoms. The van der Waals surface area contributed by atoms with Crippen molar-refractivity contribution in [2.24, 2.45) is 0 Å². The van der Waals surface area contributed by atoms with Gasteiger partial charge in [0.1, 0.15) is 24.4 Å². The van der Waals surface area contributed by atoms with Gasteiger partial charge < -0.3 is 29.9 Å². The van der Waals surface area contributed by atoms with Crippen molar-refractivity contribution in [3.63, 3.8) is 0 Å². The molecular weight excluding hydrogens is 300 g/mol. The Labute approximate surface area is 136 Å². The molecule has 1 aromatic carbocycles. The molecule has 0 saturated carbocycles. The maximum absolute atomic E-state index is 9.83. The Kier molecular flexibility index (Phi) is 7.42. The van der Waals surface area contributed by atoms with Gasteiger partial charge in [-0.1, -0.05) is 36.8 Å². The summed E-state index contributed by atoms with van der Waals surface area (Å²) >= 11 is 0. The second kappa shape index (κ2) is 9.32. The van der Waals surface area contributed by atoms with Gasteiger partial charge in [0.05, 0.1) is 6.61 Å². The number of ether oxygens (including phenoxy) is 2. The van der Waals surface area contributed by atoms with Crippen LogP contribution in [0.5, 0.6) is 0 Å². The van der Waals surface area contributed by atoms with Gasteiger partial charge in [0.2, 0.25) is 0 Å². The van der Waals surface area contributed by atoms with Crippen LogP contribution >= 0.6 is 0 Å². The van der Waals surface area contributed by atoms with Crippen molar-refractivity contribution < 1.29 is 29.9 Å². The number of hydrogen-bond donors (Lipinski definition) is 4. The van der Waals surface area contributed by atoms with Gasteiger partial charge in [0.15, 0.2) is 6.29 Å². The topological polar surface area (TPSA) is 99.4 Å². The number of aryl methyl sites for hydroxylation is 1. The number of unbranched alkanes of at least 4 members (excludes halogenated alkanes) is 2. The highest BCUT2D eigenvalue weighted by atomic mass is 16.7. The lowest BCUT2D eigenvalue weighted by atomic mass is 9.99. The first kappa shape index (κ1) is 18.3. The van der Waals surface area contributed by atoms with Crippen molar-refractivity contribution in [2.45, 2.75) is 56.4 Å². The van der Waals surface area contributed by atoms with E-state index in [9.17, 15) is 15.3 Å². The normalized spacial score (nSPS) is 31.2. The third-order valence-electron chi connectivity index (χ3n) is 4.08. The van der Waals surface area contributed by atoms with Crippen molar-refractivity contribution in [2.75, 3.05) is 13.2 Å². The van der Waals surface area contributed by atoms with Gasteiger partial charge in [-0.05, 0) is 24.8 Å². The number of hydrogen-bond acceptors (Lipinski definition) is 6. The molecule has 1 fully saturated rings. The fourth-order valence-corrected chi connectivity index (χ4v) is 2.66. The van der Waals surface area contributed by atoms with Crippen LogP contribution in [0.1, 0.15) is 24.8 Å². The van der Waals surface area contributed by atoms with Crippen LogP contribution in [-0.4, -0.2) is 64.3 Å². The molecule has 1 aromatic rings. The van der Waals surface area contributed by atoms with E-state index in [-0.39, 0.29) is 0 Å². The molecule has 0 aliphatic carbocycles. The first-order valence-electron chi connectivity index (χ1n) is 8.09. The summed E-state index contributed by atoms with van der Waals surface area (Å²) in [5, 5.41) is 38.3. The summed E-state index contributed by atoms with van der Waals surface area (Å²) in [6.07, 6.45) is -2.16. The van der Waals surface area contributed by atoms with E-state index in [4.69, 9.17) is 14.6 Å². The van der Waals surface area contributed by atoms with E-state index < -0.39 is 37.3 Å². The van der Waals surface area contributed by atoms with Crippen LogP contribution in [0.4, 0.5) is 0 Å². The van der Waals surface area contributed by atoms with Crippen LogP contribution in [0.15, 0.2) is 30.3 Å². The SMILES string of the molecule is OC[C@H]1O[C@H](OCCCCCc2ccccc2)[C@H](O)[C@@H](O)[C@H]1O. The molecule has 1 saturated heterocycles. The Morgan fingerprint density at radius 2 is 1.65 bits per heavy atom. The second-order valence-electron chi connectivity index (χ2n) is 5.86. The molecule has 130 valence electrons. The van der Waals surface area contributed by atoms with E-state index in [2.05, 4.69) is 12.1 Å². The van der Waals surface area contributed by atoms with Crippen LogP contribution < -0.4 is 0 Å². The smallest absolute Gasteiger partial charge is 0.186 e. The summed E-state index contributed by atoms with van der Waals surface area (Å²) in [6.45, 7) is -0.0562. The van der Waals surface area contributed by atoms with Gasteiger partial charge in [-0.15, -0.1) is 0 Å². The number of benzene rings is 1. The Bertz CT molecular complexity index is 438. The monoisotopic (exact) mass is 326 g/mol. The third kappa shape index (κ3) is 5.24. The molecule has 0 aromatic heterocycles. The zero-order valence-electron chi connectivity index (χ0n) is 13.1. The molecule has 0 amide bonds. The minimum Gasteiger partial charge on any atom is -0.394 e. The fourth-order valence-electron chi connectivity index (χ4n) is 2.66. The van der Waals surface area contributed by atoms with Crippen LogP contribution in [-0.2, 0) is 15.9 Å². The molecular formula is C17H26O6. The summed E-state index contributed by atoms with van der Waals surface area (Å²) in [6, 6.07) is 10.3. The fraction of sp³-hybridized carbons (Fsp3) is 0.647. The Morgan fingerprint density at radius 1 is 0.913 bits per heavy atom. The summed E-state index contributed by atoms with van der Waals surface area (Å²) in [5.41, 5.74) is 1.31. The lowest BCUT2D eigenvalue weighted by Crippen LogP contribution is -2.59. The average molecular weight is 326 g/mol. The molecule has 0 unspecified atom stereocenters. The number of aliphatic hydroxyl groups excluding tert-OH is 4. The van der Waals surface area contributed by atoms with E-state index in [1.165, 1.54) is 5.56 Å². The predicted molar refractivity (Wildman–Crippen MR) is 83.7 cm³/mol. The first-order chi connectivity index (χ1) is 11.1. The van der Waals surface area contributed by atoms with Gasteiger partial charge >= 0.3 is 0 Å². The van der Waals surface area contributed by atoms with Crippen molar-refractivity contribution in [1.29, 1.82) is 0 Å². The zero-order chi connectivity index (χ0) is 16.7. The number of rotatable bonds is 8. The molecule has 1 aliphatic heterocycles. The van der Waals surface area contributed by atoms with Gasteiger partial charge in [0.25, 0.3) is 0 Å². The summed E-state index contributed by atoms with van der Waals surface area (Å²) in [7, 11) is 0. The minimum absolute atomic E-state index is 0.386. The Balaban J connectivity index is 1.63. The molecule has 6 heteroatoms. The first-order valence-corrected chi connectivity index (χ1v) is 8.09. The largest absolute Gasteiger partial charge is 0.394 e. The highest BCUT2D eigenvalue weighted by Crippen LogP contribution is 2.22. The zero-order valence-corrected chi connectivity index (χ0v) is 13.1. The standard InChI is InChI=1S/C17H26O6/c18-11-13-14(19)15(20)16(21)17(23-13)22-10-6-2-5-9-12-7-3-1-4-8-12/h1,3-4,7-8,13-21H,2,5-6,9-11H2/t13-,14+,15+,16-,17+/m1/s1. The second-order valence-corrected chi connectivity index (χ2v) is 5.86. The van der Waals surface area contributed by atoms with Gasteiger partial charge in [0, 0.05) is 6.61 Å².